The number of fused-ring (bicyclic) bond motifs is 1. The van der Waals surface area contributed by atoms with Crippen LogP contribution >= 0.6 is 30.8 Å². The van der Waals surface area contributed by atoms with E-state index in [0.29, 0.717) is 65.5 Å². The van der Waals surface area contributed by atoms with Crippen LogP contribution in [0.4, 0.5) is 11.5 Å². The third-order valence-corrected chi connectivity index (χ3v) is 7.82. The number of anilines is 2. The molecule has 1 fully saturated rings. The number of rotatable bonds is 8. The van der Waals surface area contributed by atoms with E-state index in [-0.39, 0.29) is 23.6 Å². The van der Waals surface area contributed by atoms with Gasteiger partial charge in [0.05, 0.1) is 34.9 Å². The van der Waals surface area contributed by atoms with Gasteiger partial charge in [-0.1, -0.05) is 23.2 Å². The highest BCUT2D eigenvalue weighted by atomic mass is 35.5. The van der Waals surface area contributed by atoms with Gasteiger partial charge in [-0.3, -0.25) is 14.2 Å². The van der Waals surface area contributed by atoms with Gasteiger partial charge < -0.3 is 24.7 Å². The van der Waals surface area contributed by atoms with E-state index in [2.05, 4.69) is 15.4 Å². The highest BCUT2D eigenvalue weighted by Gasteiger charge is 2.26. The lowest BCUT2D eigenvalue weighted by atomic mass is 9.94. The number of aromatic nitrogens is 3. The van der Waals surface area contributed by atoms with Gasteiger partial charge in [-0.25, -0.2) is 4.68 Å². The van der Waals surface area contributed by atoms with Crippen molar-refractivity contribution in [3.63, 3.8) is 0 Å². The van der Waals surface area contributed by atoms with Crippen LogP contribution in [0.1, 0.15) is 19.3 Å². The number of halogens is 2. The molecule has 1 aromatic carbocycles. The smallest absolute Gasteiger partial charge is 0.325 e. The predicted molar refractivity (Wildman–Crippen MR) is 142 cm³/mol. The van der Waals surface area contributed by atoms with Crippen LogP contribution in [0.3, 0.4) is 0 Å². The number of nitrogens with one attached hydrogen (secondary N) is 1. The van der Waals surface area contributed by atoms with Gasteiger partial charge >= 0.3 is 7.60 Å². The minimum atomic E-state index is -4.04. The Kier molecular flexibility index (Phi) is 8.40. The summed E-state index contributed by atoms with van der Waals surface area (Å²) >= 11 is 11.9. The summed E-state index contributed by atoms with van der Waals surface area (Å²) in [7, 11) is -2.56. The largest absolute Gasteiger partial charge is 0.481 e. The Balaban J connectivity index is 1.57. The molecule has 1 amide bonds. The number of amides is 1. The fourth-order valence-corrected chi connectivity index (χ4v) is 5.30. The number of pyridine rings is 1. The van der Waals surface area contributed by atoms with E-state index in [9.17, 15) is 23.9 Å². The van der Waals surface area contributed by atoms with Gasteiger partial charge in [0.25, 0.3) is 5.56 Å². The number of ether oxygens (including phenoxy) is 1. The fraction of sp³-hybridized carbons (Fsp3) is 0.391. The lowest BCUT2D eigenvalue weighted by Gasteiger charge is -2.33. The first kappa shape index (κ1) is 27.3. The third-order valence-electron chi connectivity index (χ3n) is 6.24. The molecule has 3 N–H and O–H groups in total. The first-order chi connectivity index (χ1) is 17.5. The van der Waals surface area contributed by atoms with Crippen molar-refractivity contribution in [3.05, 3.63) is 50.9 Å². The van der Waals surface area contributed by atoms with E-state index < -0.39 is 19.1 Å². The molecule has 1 saturated heterocycles. The number of hydrogen-bond donors (Lipinski definition) is 3. The predicted octanol–water partition coefficient (Wildman–Crippen LogP) is 3.53. The zero-order valence-corrected chi connectivity index (χ0v) is 22.3. The first-order valence-corrected chi connectivity index (χ1v) is 14.1. The quantitative estimate of drug-likeness (QED) is 0.346. The maximum atomic E-state index is 13.4. The Hall–Kier alpha value is -2.69. The average molecular weight is 570 g/mol. The van der Waals surface area contributed by atoms with Crippen LogP contribution in [0.5, 0.6) is 5.88 Å². The van der Waals surface area contributed by atoms with Crippen LogP contribution in [0.15, 0.2) is 35.3 Å². The molecule has 2 aromatic heterocycles. The van der Waals surface area contributed by atoms with E-state index in [1.807, 2.05) is 4.90 Å². The first-order valence-electron chi connectivity index (χ1n) is 11.5. The molecule has 37 heavy (non-hydrogen) atoms. The molecule has 3 aromatic rings. The SMILES string of the molecule is COc1cc2cnn(CC(=O)Nc3ccc(Cl)c(Cl)c3)c(=O)c2c(N2CCC(CCP(=O)(O)O)CC2)n1. The van der Waals surface area contributed by atoms with Crippen LogP contribution in [0.25, 0.3) is 10.8 Å². The Morgan fingerprint density at radius 2 is 1.95 bits per heavy atom. The van der Waals surface area contributed by atoms with Crippen LogP contribution in [-0.2, 0) is 15.9 Å². The van der Waals surface area contributed by atoms with Crippen molar-refractivity contribution in [1.29, 1.82) is 0 Å². The lowest BCUT2D eigenvalue weighted by molar-refractivity contribution is -0.117. The molecule has 14 heteroatoms. The summed E-state index contributed by atoms with van der Waals surface area (Å²) in [5.74, 6) is 0.446. The molecule has 4 rings (SSSR count). The number of methoxy groups -OCH3 is 1. The number of benzene rings is 1. The zero-order chi connectivity index (χ0) is 26.7. The van der Waals surface area contributed by atoms with E-state index in [0.717, 1.165) is 4.68 Å². The van der Waals surface area contributed by atoms with Crippen molar-refractivity contribution in [2.45, 2.75) is 25.8 Å². The molecule has 0 spiro atoms. The van der Waals surface area contributed by atoms with E-state index in [1.54, 1.807) is 18.2 Å². The van der Waals surface area contributed by atoms with Gasteiger partial charge in [0.1, 0.15) is 12.4 Å². The maximum absolute atomic E-state index is 13.4. The molecular formula is C23H26Cl2N5O6P. The molecule has 0 atom stereocenters. The van der Waals surface area contributed by atoms with Gasteiger partial charge in [0.2, 0.25) is 11.8 Å². The van der Waals surface area contributed by atoms with Gasteiger partial charge in [-0.2, -0.15) is 10.1 Å². The monoisotopic (exact) mass is 569 g/mol. The van der Waals surface area contributed by atoms with Crippen molar-refractivity contribution >= 4 is 59.0 Å². The van der Waals surface area contributed by atoms with E-state index in [4.69, 9.17) is 27.9 Å². The Labute approximate surface area is 222 Å². The van der Waals surface area contributed by atoms with Crippen molar-refractivity contribution < 1.29 is 23.9 Å². The summed E-state index contributed by atoms with van der Waals surface area (Å²) in [4.78, 5) is 50.9. The summed E-state index contributed by atoms with van der Waals surface area (Å²) in [6, 6.07) is 6.28. The standard InChI is InChI=1S/C23H26Cl2N5O6P/c1-36-20-10-15-12-26-30(13-19(31)27-16-2-3-17(24)18(25)11-16)23(32)21(15)22(28-20)29-7-4-14(5-8-29)6-9-37(33,34)35/h2-3,10-12,14H,4-9,13H2,1H3,(H,27,31)(H2,33,34,35). The highest BCUT2D eigenvalue weighted by Crippen LogP contribution is 2.38. The number of carbonyl (C=O) groups is 1. The van der Waals surface area contributed by atoms with Crippen LogP contribution < -0.4 is 20.5 Å². The molecule has 1 aliphatic rings. The molecule has 3 heterocycles. The lowest BCUT2D eigenvalue weighted by Crippen LogP contribution is -2.36. The molecule has 0 radical (unpaired) electrons. The topological polar surface area (TPSA) is 147 Å². The summed E-state index contributed by atoms with van der Waals surface area (Å²) < 4.78 is 17.6. The number of nitrogens with zero attached hydrogens (tertiary/aromatic N) is 4. The van der Waals surface area contributed by atoms with Gasteiger partial charge in [0.15, 0.2) is 0 Å². The second-order valence-electron chi connectivity index (χ2n) is 8.84. The normalized spacial score (nSPS) is 14.7. The summed E-state index contributed by atoms with van der Waals surface area (Å²) in [6.45, 7) is 0.784. The van der Waals surface area contributed by atoms with E-state index >= 15 is 0 Å². The second-order valence-corrected chi connectivity index (χ2v) is 11.4. The molecule has 11 nitrogen and oxygen atoms in total. The van der Waals surface area contributed by atoms with Crippen molar-refractivity contribution in [3.8, 4) is 5.88 Å². The molecule has 0 saturated carbocycles. The third kappa shape index (κ3) is 6.80. The maximum Gasteiger partial charge on any atom is 0.325 e. The zero-order valence-electron chi connectivity index (χ0n) is 19.9. The molecule has 0 bridgehead atoms. The minimum absolute atomic E-state index is 0.140. The average Bonchev–Trinajstić information content (AvgIpc) is 2.86. The van der Waals surface area contributed by atoms with Gasteiger partial charge in [-0.05, 0) is 43.4 Å². The van der Waals surface area contributed by atoms with Gasteiger partial charge in [-0.15, -0.1) is 0 Å². The van der Waals surface area contributed by atoms with Crippen molar-refractivity contribution in [2.24, 2.45) is 5.92 Å². The molecule has 0 aliphatic carbocycles. The minimum Gasteiger partial charge on any atom is -0.481 e. The molecular weight excluding hydrogens is 544 g/mol. The Morgan fingerprint density at radius 1 is 1.22 bits per heavy atom. The van der Waals surface area contributed by atoms with E-state index in [1.165, 1.54) is 19.4 Å². The van der Waals surface area contributed by atoms with Crippen LogP contribution in [-0.4, -0.2) is 56.8 Å². The number of hydrogen-bond acceptors (Lipinski definition) is 7. The summed E-state index contributed by atoms with van der Waals surface area (Å²) in [6.07, 6.45) is 3.19. The Morgan fingerprint density at radius 3 is 2.59 bits per heavy atom. The number of carbonyl (C=O) groups excluding carboxylic acids is 1. The molecule has 1 aliphatic heterocycles. The van der Waals surface area contributed by atoms with Crippen molar-refractivity contribution in [2.75, 3.05) is 36.6 Å². The van der Waals surface area contributed by atoms with Gasteiger partial charge in [0, 0.05) is 30.2 Å². The fourth-order valence-electron chi connectivity index (χ4n) is 4.30. The van der Waals surface area contributed by atoms with Crippen LogP contribution in [0, 0.1) is 5.92 Å². The Bertz CT molecular complexity index is 1420. The van der Waals surface area contributed by atoms with Crippen molar-refractivity contribution in [1.82, 2.24) is 14.8 Å². The number of piperidine rings is 1. The summed E-state index contributed by atoms with van der Waals surface area (Å²) in [5.41, 5.74) is -0.0440. The molecule has 198 valence electrons. The summed E-state index contributed by atoms with van der Waals surface area (Å²) in [5, 5.41) is 8.31. The molecule has 0 unspecified atom stereocenters. The second kappa shape index (κ2) is 11.4. The van der Waals surface area contributed by atoms with Crippen LogP contribution in [0.2, 0.25) is 10.0 Å². The highest BCUT2D eigenvalue weighted by molar-refractivity contribution is 7.51.